The number of methoxy groups -OCH3 is 2. The number of ether oxygens (including phenoxy) is 10. The van der Waals surface area contributed by atoms with Crippen molar-refractivity contribution in [3.8, 4) is 39.8 Å². The van der Waals surface area contributed by atoms with Crippen LogP contribution >= 0.6 is 0 Å². The number of aromatic nitrogens is 3. The first-order valence-corrected chi connectivity index (χ1v) is 35.7. The fourth-order valence-corrected chi connectivity index (χ4v) is 16.1. The number of nitrogens with one attached hydrogen (secondary N) is 4. The average Bonchev–Trinajstić information content (AvgIpc) is 1.28. The first-order chi connectivity index (χ1) is 50.0. The van der Waals surface area contributed by atoms with Crippen LogP contribution in [0.4, 0.5) is 5.69 Å². The van der Waals surface area contributed by atoms with Crippen molar-refractivity contribution in [1.82, 2.24) is 41.2 Å². The van der Waals surface area contributed by atoms with Gasteiger partial charge in [-0.15, -0.1) is 0 Å². The minimum atomic E-state index is -2.31. The highest BCUT2D eigenvalue weighted by molar-refractivity contribution is 6.31. The number of benzene rings is 4. The van der Waals surface area contributed by atoms with Crippen LogP contribution in [0.5, 0.6) is 17.2 Å². The molecule has 1 aromatic heterocycles. The van der Waals surface area contributed by atoms with Crippen LogP contribution in [0.25, 0.3) is 22.5 Å². The molecule has 8 aliphatic rings. The molecule has 1 spiro atoms. The molecule has 0 unspecified atom stereocenters. The Balaban J connectivity index is 0.474. The Morgan fingerprint density at radius 1 is 0.689 bits per heavy atom. The third-order valence-electron chi connectivity index (χ3n) is 21.5. The van der Waals surface area contributed by atoms with Gasteiger partial charge in [0.25, 0.3) is 5.91 Å². The third kappa shape index (κ3) is 15.5. The van der Waals surface area contributed by atoms with Gasteiger partial charge in [-0.25, -0.2) is 0 Å². The van der Waals surface area contributed by atoms with Gasteiger partial charge in [-0.1, -0.05) is 54.6 Å². The number of phenols is 2. The Morgan fingerprint density at radius 2 is 1.35 bits per heavy atom. The summed E-state index contributed by atoms with van der Waals surface area (Å²) >= 11 is 0. The highest BCUT2D eigenvalue weighted by Crippen LogP contribution is 2.54. The average molecular weight is 1430 g/mol. The second-order valence-electron chi connectivity index (χ2n) is 27.6. The number of carbonyl (C=O) groups is 7. The monoisotopic (exact) mass is 1430 g/mol. The Bertz CT molecular complexity index is 3950. The molecule has 4 saturated heterocycles. The predicted octanol–water partition coefficient (Wildman–Crippen LogP) is 4.53. The van der Waals surface area contributed by atoms with Crippen LogP contribution in [0.1, 0.15) is 132 Å². The molecule has 8 atom stereocenters. The van der Waals surface area contributed by atoms with Crippen molar-refractivity contribution < 1.29 is 96.2 Å². The van der Waals surface area contributed by atoms with E-state index in [1.807, 2.05) is 60.4 Å². The third-order valence-corrected chi connectivity index (χ3v) is 21.5. The molecule has 5 aromatic rings. The number of para-hydroxylation sites is 1. The second-order valence-corrected chi connectivity index (χ2v) is 27.6. The normalized spacial score (nSPS) is 24.1. The molecular formula is C74H91N9O20. The van der Waals surface area contributed by atoms with Gasteiger partial charge in [-0.2, -0.15) is 15.4 Å². The zero-order chi connectivity index (χ0) is 71.9. The zero-order valence-corrected chi connectivity index (χ0v) is 58.3. The predicted molar refractivity (Wildman–Crippen MR) is 366 cm³/mol. The van der Waals surface area contributed by atoms with Crippen LogP contribution in [-0.2, 0) is 79.6 Å². The summed E-state index contributed by atoms with van der Waals surface area (Å²) in [5, 5.41) is 56.6. The molecule has 6 heterocycles. The van der Waals surface area contributed by atoms with Crippen LogP contribution < -0.4 is 25.6 Å². The van der Waals surface area contributed by atoms with Gasteiger partial charge in [0.1, 0.15) is 40.3 Å². The number of rotatable bonds is 27. The lowest BCUT2D eigenvalue weighted by atomic mass is 9.65. The van der Waals surface area contributed by atoms with E-state index in [4.69, 9.17) is 47.4 Å². The number of H-pyrrole nitrogens is 1. The summed E-state index contributed by atoms with van der Waals surface area (Å²) in [4.78, 5) is 102. The number of fused-ring (bicyclic) bond motifs is 11. The minimum Gasteiger partial charge on any atom is -0.507 e. The van der Waals surface area contributed by atoms with Crippen LogP contribution in [0.3, 0.4) is 0 Å². The molecule has 5 fully saturated rings. The van der Waals surface area contributed by atoms with E-state index < -0.39 is 89.6 Å². The zero-order valence-electron chi connectivity index (χ0n) is 58.3. The minimum absolute atomic E-state index is 0.0120. The molecule has 3 aliphatic carbocycles. The summed E-state index contributed by atoms with van der Waals surface area (Å²) in [5.41, 5.74) is 1.31. The Morgan fingerprint density at radius 3 is 2.08 bits per heavy atom. The van der Waals surface area contributed by atoms with Gasteiger partial charge in [-0.05, 0) is 68.6 Å². The Kier molecular flexibility index (Phi) is 22.9. The maximum Gasteiger partial charge on any atom is 0.252 e. The molecule has 7 N–H and O–H groups in total. The number of aliphatic hydroxyl groups is 1. The molecule has 5 aliphatic heterocycles. The van der Waals surface area contributed by atoms with Crippen molar-refractivity contribution >= 4 is 46.8 Å². The maximum absolute atomic E-state index is 14.3. The number of amides is 5. The van der Waals surface area contributed by atoms with Gasteiger partial charge >= 0.3 is 0 Å². The largest absolute Gasteiger partial charge is 0.507 e. The molecule has 5 amide bonds. The molecular weight excluding hydrogens is 1330 g/mol. The number of hydrogen-bond acceptors (Lipinski definition) is 23. The number of aromatic hydroxyl groups is 2. The fourth-order valence-electron chi connectivity index (χ4n) is 16.1. The molecule has 103 heavy (non-hydrogen) atoms. The van der Waals surface area contributed by atoms with E-state index in [-0.39, 0.29) is 147 Å². The molecule has 13 rings (SSSR count). The van der Waals surface area contributed by atoms with Crippen LogP contribution in [0.15, 0.2) is 66.7 Å². The lowest BCUT2D eigenvalue weighted by molar-refractivity contribution is -0.256. The number of anilines is 1. The summed E-state index contributed by atoms with van der Waals surface area (Å²) in [6.07, 6.45) is 0.387. The van der Waals surface area contributed by atoms with Crippen molar-refractivity contribution in [1.29, 1.82) is 0 Å². The number of morpholine rings is 1. The quantitative estimate of drug-likeness (QED) is 0.0275. The summed E-state index contributed by atoms with van der Waals surface area (Å²) in [7, 11) is 2.87. The van der Waals surface area contributed by atoms with E-state index in [9.17, 15) is 48.9 Å². The van der Waals surface area contributed by atoms with Gasteiger partial charge in [0, 0.05) is 118 Å². The first-order valence-electron chi connectivity index (χ1n) is 35.7. The van der Waals surface area contributed by atoms with Gasteiger partial charge in [0.2, 0.25) is 29.4 Å². The highest BCUT2D eigenvalue weighted by atomic mass is 16.7. The molecule has 29 nitrogen and oxygen atoms in total. The number of carbonyl (C=O) groups excluding carboxylic acids is 7. The number of phenolic OH excluding ortho intramolecular Hbond substituents is 2. The lowest BCUT2D eigenvalue weighted by Gasteiger charge is -2.45. The van der Waals surface area contributed by atoms with E-state index in [0.29, 0.717) is 64.9 Å². The topological polar surface area (TPSA) is 360 Å². The van der Waals surface area contributed by atoms with E-state index in [1.54, 1.807) is 4.90 Å². The standard InChI is InChI=1S/C74H91N9O20/c1-43-68-51(82-29-32-100-71(95-3)70(82)103-68)39-57(101-43)102-53-41-74(93,40-49-59(53)67(90)61-60(65(49)88)64(87)48-12-8-14-52(94-2)58(48)66(61)89)72(92)77-26-25-75-54(84)18-30-96-33-35-98-37-38-99-36-34-97-31-19-55(85)81-27-22-73(23-28-81)20-15-44(16-21-73)69(91)76-24-17-56(86)83-42-45-9-4-5-10-46(45)62-63(79-80-78-62)47-11-6-7-13-50(47)83/h4-14,43-44,51,53,57,68,70-71,88,90,93H,15-42H2,1-3H3,(H,75,84)(H,76,91)(H,77,92)(H,78,79,80)/t43-,51-,53-,57-,68+,70+,71-,74-/m0/s1. The number of piperidine rings is 1. The van der Waals surface area contributed by atoms with E-state index in [2.05, 4.69) is 36.3 Å². The summed E-state index contributed by atoms with van der Waals surface area (Å²) in [6.45, 7) is 6.74. The highest BCUT2D eigenvalue weighted by Gasteiger charge is 2.56. The van der Waals surface area contributed by atoms with Gasteiger partial charge in [-0.3, -0.25) is 38.5 Å². The van der Waals surface area contributed by atoms with Crippen LogP contribution in [0.2, 0.25) is 0 Å². The van der Waals surface area contributed by atoms with Gasteiger partial charge in [0.05, 0.1) is 114 Å². The molecule has 0 radical (unpaired) electrons. The number of aromatic amines is 1. The SMILES string of the molecule is COc1cccc2c1C(=O)c1c(O)c3c(c(O)c1C2=O)C[C@@](O)(C(=O)NCCNC(=O)CCOCCOCCOCCOCCC(=O)N1CCC2(CCC(C(=O)NCCC(=O)N4Cc5ccccc5-c5n[nH]nc5-c5ccccc54)CC2)CC1)C[C@@H]3O[C@H]1C[C@H]2[C@H](O[C@@H]3[C@@H](OC)OCCN32)[C@H](C)O1. The van der Waals surface area contributed by atoms with Crippen LogP contribution in [0, 0.1) is 11.3 Å². The van der Waals surface area contributed by atoms with Crippen LogP contribution in [-0.4, -0.2) is 237 Å². The number of ketones is 2. The summed E-state index contributed by atoms with van der Waals surface area (Å²) in [6, 6.07) is 19.8. The number of nitrogens with zero attached hydrogens (tertiary/aromatic N) is 5. The van der Waals surface area contributed by atoms with E-state index in [1.165, 1.54) is 32.4 Å². The van der Waals surface area contributed by atoms with Crippen molar-refractivity contribution in [3.63, 3.8) is 0 Å². The molecule has 4 aromatic carbocycles. The molecule has 1 saturated carbocycles. The van der Waals surface area contributed by atoms with Crippen molar-refractivity contribution in [2.75, 3.05) is 118 Å². The first kappa shape index (κ1) is 73.0. The number of likely N-dealkylation sites (tertiary alicyclic amines) is 1. The fraction of sp³-hybridized carbons (Fsp3) is 0.554. The smallest absolute Gasteiger partial charge is 0.252 e. The van der Waals surface area contributed by atoms with Crippen molar-refractivity contribution in [3.05, 3.63) is 106 Å². The van der Waals surface area contributed by atoms with Gasteiger partial charge < -0.3 is 88.4 Å². The van der Waals surface area contributed by atoms with E-state index in [0.717, 1.165) is 66.6 Å². The van der Waals surface area contributed by atoms with Gasteiger partial charge in [0.15, 0.2) is 24.6 Å². The second kappa shape index (κ2) is 32.4. The molecule has 0 bridgehead atoms. The number of hydrogen-bond donors (Lipinski definition) is 7. The van der Waals surface area contributed by atoms with Crippen molar-refractivity contribution in [2.45, 2.75) is 139 Å². The lowest BCUT2D eigenvalue weighted by Crippen LogP contribution is -2.55. The molecule has 29 heteroatoms. The summed E-state index contributed by atoms with van der Waals surface area (Å²) in [5.74, 6) is -4.20. The Hall–Kier alpha value is -8.33. The van der Waals surface area contributed by atoms with Crippen molar-refractivity contribution in [2.24, 2.45) is 11.3 Å². The Labute approximate surface area is 595 Å². The molecule has 552 valence electrons. The maximum atomic E-state index is 14.3. The summed E-state index contributed by atoms with van der Waals surface area (Å²) < 4.78 is 58.6. The van der Waals surface area contributed by atoms with E-state index >= 15 is 0 Å².